The van der Waals surface area contributed by atoms with Crippen molar-refractivity contribution in [2.75, 3.05) is 0 Å². The summed E-state index contributed by atoms with van der Waals surface area (Å²) in [6.07, 6.45) is -2.52. The Bertz CT molecular complexity index is 500. The molecule has 0 heterocycles. The Morgan fingerprint density at radius 3 is 2.73 bits per heavy atom. The smallest absolute Gasteiger partial charge is 0.238 e. The molecule has 15 heavy (non-hydrogen) atoms. The molecular formula is C9H10FNO3S. The lowest BCUT2D eigenvalue weighted by Gasteiger charge is -2.08. The quantitative estimate of drug-likeness (QED) is 0.749. The van der Waals surface area contributed by atoms with Gasteiger partial charge in [-0.2, -0.15) is 0 Å². The molecule has 1 aliphatic rings. The number of sulfonamides is 1. The van der Waals surface area contributed by atoms with Gasteiger partial charge in [0.1, 0.15) is 6.17 Å². The Morgan fingerprint density at radius 2 is 2.13 bits per heavy atom. The van der Waals surface area contributed by atoms with Gasteiger partial charge in [-0.25, -0.2) is 17.9 Å². The number of hydrogen-bond donors (Lipinski definition) is 2. The Morgan fingerprint density at radius 1 is 1.47 bits per heavy atom. The molecule has 0 radical (unpaired) electrons. The highest BCUT2D eigenvalue weighted by atomic mass is 32.2. The largest absolute Gasteiger partial charge is 0.388 e. The number of primary sulfonamides is 1. The average molecular weight is 231 g/mol. The minimum absolute atomic E-state index is 0.104. The Labute approximate surface area is 86.6 Å². The molecule has 0 spiro atoms. The highest BCUT2D eigenvalue weighted by Crippen LogP contribution is 2.43. The van der Waals surface area contributed by atoms with Gasteiger partial charge >= 0.3 is 0 Å². The fraction of sp³-hybridized carbons (Fsp3) is 0.333. The van der Waals surface area contributed by atoms with Gasteiger partial charge in [-0.15, -0.1) is 0 Å². The van der Waals surface area contributed by atoms with Crippen LogP contribution in [0.25, 0.3) is 0 Å². The van der Waals surface area contributed by atoms with E-state index in [1.54, 1.807) is 0 Å². The summed E-state index contributed by atoms with van der Waals surface area (Å²) in [6.45, 7) is 0. The van der Waals surface area contributed by atoms with Crippen molar-refractivity contribution < 1.29 is 17.9 Å². The van der Waals surface area contributed by atoms with Crippen LogP contribution >= 0.6 is 0 Å². The SMILES string of the molecule is NS(=O)(=O)c1cccc2c1C(O)CC2F. The zero-order valence-corrected chi connectivity index (χ0v) is 8.54. The minimum atomic E-state index is -3.91. The van der Waals surface area contributed by atoms with E-state index < -0.39 is 22.3 Å². The van der Waals surface area contributed by atoms with E-state index in [-0.39, 0.29) is 22.4 Å². The van der Waals surface area contributed by atoms with Crippen molar-refractivity contribution in [1.29, 1.82) is 0 Å². The lowest BCUT2D eigenvalue weighted by molar-refractivity contribution is 0.149. The number of aliphatic hydroxyl groups is 1. The fourth-order valence-electron chi connectivity index (χ4n) is 1.88. The first-order valence-corrected chi connectivity index (χ1v) is 5.93. The molecule has 82 valence electrons. The van der Waals surface area contributed by atoms with Crippen LogP contribution in [0.1, 0.15) is 29.8 Å². The van der Waals surface area contributed by atoms with Crippen molar-refractivity contribution in [2.45, 2.75) is 23.6 Å². The molecule has 2 rings (SSSR count). The number of hydrogen-bond acceptors (Lipinski definition) is 3. The van der Waals surface area contributed by atoms with E-state index in [2.05, 4.69) is 0 Å². The van der Waals surface area contributed by atoms with Crippen LogP contribution in [0, 0.1) is 0 Å². The van der Waals surface area contributed by atoms with Crippen LogP contribution in [0.5, 0.6) is 0 Å². The van der Waals surface area contributed by atoms with Gasteiger partial charge in [-0.05, 0) is 11.6 Å². The topological polar surface area (TPSA) is 80.4 Å². The molecule has 0 amide bonds. The summed E-state index contributed by atoms with van der Waals surface area (Å²) in [4.78, 5) is -0.187. The predicted molar refractivity (Wildman–Crippen MR) is 51.2 cm³/mol. The number of benzene rings is 1. The second-order valence-electron chi connectivity index (χ2n) is 3.52. The predicted octanol–water partition coefficient (Wildman–Crippen LogP) is 0.782. The van der Waals surface area contributed by atoms with Gasteiger partial charge in [-0.1, -0.05) is 12.1 Å². The number of aliphatic hydroxyl groups excluding tert-OH is 1. The first kappa shape index (κ1) is 10.5. The van der Waals surface area contributed by atoms with E-state index in [4.69, 9.17) is 5.14 Å². The second kappa shape index (κ2) is 3.26. The summed E-state index contributed by atoms with van der Waals surface area (Å²) in [7, 11) is -3.91. The van der Waals surface area contributed by atoms with Crippen molar-refractivity contribution in [1.82, 2.24) is 0 Å². The molecule has 2 unspecified atom stereocenters. The van der Waals surface area contributed by atoms with Gasteiger partial charge in [0.15, 0.2) is 0 Å². The van der Waals surface area contributed by atoms with Crippen molar-refractivity contribution >= 4 is 10.0 Å². The van der Waals surface area contributed by atoms with Gasteiger partial charge in [0.2, 0.25) is 10.0 Å². The zero-order chi connectivity index (χ0) is 11.2. The number of rotatable bonds is 1. The van der Waals surface area contributed by atoms with Gasteiger partial charge in [0.25, 0.3) is 0 Å². The zero-order valence-electron chi connectivity index (χ0n) is 7.72. The van der Waals surface area contributed by atoms with Crippen LogP contribution in [0.3, 0.4) is 0 Å². The lowest BCUT2D eigenvalue weighted by atomic mass is 10.1. The maximum atomic E-state index is 13.3. The summed E-state index contributed by atoms with van der Waals surface area (Å²) in [6, 6.07) is 4.16. The molecule has 4 nitrogen and oxygen atoms in total. The third kappa shape index (κ3) is 1.64. The molecule has 1 aliphatic carbocycles. The Kier molecular flexibility index (Phi) is 2.29. The van der Waals surface area contributed by atoms with Crippen LogP contribution in [-0.2, 0) is 10.0 Å². The molecule has 3 N–H and O–H groups in total. The summed E-state index contributed by atoms with van der Waals surface area (Å²) in [5.41, 5.74) is 0.321. The summed E-state index contributed by atoms with van der Waals surface area (Å²) in [5.74, 6) is 0. The van der Waals surface area contributed by atoms with E-state index in [9.17, 15) is 17.9 Å². The minimum Gasteiger partial charge on any atom is -0.388 e. The van der Waals surface area contributed by atoms with Crippen LogP contribution < -0.4 is 5.14 Å². The Balaban J connectivity index is 2.72. The van der Waals surface area contributed by atoms with Crippen LogP contribution in [-0.4, -0.2) is 13.5 Å². The van der Waals surface area contributed by atoms with Crippen molar-refractivity contribution in [2.24, 2.45) is 5.14 Å². The van der Waals surface area contributed by atoms with Gasteiger partial charge in [0, 0.05) is 12.0 Å². The molecule has 0 bridgehead atoms. The second-order valence-corrected chi connectivity index (χ2v) is 5.05. The van der Waals surface area contributed by atoms with Crippen molar-refractivity contribution in [3.05, 3.63) is 29.3 Å². The molecule has 6 heteroatoms. The molecule has 0 fully saturated rings. The average Bonchev–Trinajstić information content (AvgIpc) is 2.41. The standard InChI is InChI=1S/C9H10FNO3S/c10-6-4-7(12)9-5(6)2-1-3-8(9)15(11,13)14/h1-3,6-7,12H,4H2,(H2,11,13,14). The maximum Gasteiger partial charge on any atom is 0.238 e. The fourth-order valence-corrected chi connectivity index (χ4v) is 2.71. The van der Waals surface area contributed by atoms with E-state index in [1.165, 1.54) is 18.2 Å². The van der Waals surface area contributed by atoms with Crippen LogP contribution in [0.2, 0.25) is 0 Å². The van der Waals surface area contributed by atoms with E-state index >= 15 is 0 Å². The van der Waals surface area contributed by atoms with Gasteiger partial charge < -0.3 is 5.11 Å². The summed E-state index contributed by atoms with van der Waals surface area (Å²) < 4.78 is 35.7. The molecule has 1 aromatic carbocycles. The van der Waals surface area contributed by atoms with Crippen molar-refractivity contribution in [3.8, 4) is 0 Å². The molecule has 1 aromatic rings. The normalized spacial score (nSPS) is 25.3. The van der Waals surface area contributed by atoms with Crippen LogP contribution in [0.15, 0.2) is 23.1 Å². The molecule has 0 aliphatic heterocycles. The van der Waals surface area contributed by atoms with E-state index in [0.29, 0.717) is 0 Å². The summed E-state index contributed by atoms with van der Waals surface area (Å²) >= 11 is 0. The van der Waals surface area contributed by atoms with Crippen LogP contribution in [0.4, 0.5) is 4.39 Å². The summed E-state index contributed by atoms with van der Waals surface area (Å²) in [5, 5.41) is 14.5. The highest BCUT2D eigenvalue weighted by molar-refractivity contribution is 7.89. The number of nitrogens with two attached hydrogens (primary N) is 1. The molecule has 0 saturated carbocycles. The molecule has 0 saturated heterocycles. The first-order valence-electron chi connectivity index (χ1n) is 4.39. The molecule has 0 aromatic heterocycles. The first-order chi connectivity index (χ1) is 6.91. The van der Waals surface area contributed by atoms with E-state index in [1.807, 2.05) is 0 Å². The third-order valence-electron chi connectivity index (χ3n) is 2.51. The monoisotopic (exact) mass is 231 g/mol. The number of halogens is 1. The van der Waals surface area contributed by atoms with E-state index in [0.717, 1.165) is 0 Å². The van der Waals surface area contributed by atoms with Crippen molar-refractivity contribution in [3.63, 3.8) is 0 Å². The number of alkyl halides is 1. The molecule has 2 atom stereocenters. The van der Waals surface area contributed by atoms with Gasteiger partial charge in [0.05, 0.1) is 11.0 Å². The Hall–Kier alpha value is -0.980. The molecular weight excluding hydrogens is 221 g/mol. The van der Waals surface area contributed by atoms with Gasteiger partial charge in [-0.3, -0.25) is 0 Å². The highest BCUT2D eigenvalue weighted by Gasteiger charge is 2.34. The lowest BCUT2D eigenvalue weighted by Crippen LogP contribution is -2.15. The number of fused-ring (bicyclic) bond motifs is 1. The third-order valence-corrected chi connectivity index (χ3v) is 3.48. The maximum absolute atomic E-state index is 13.3.